The van der Waals surface area contributed by atoms with E-state index >= 15 is 0 Å². The predicted molar refractivity (Wildman–Crippen MR) is 71.3 cm³/mol. The van der Waals surface area contributed by atoms with E-state index in [1.807, 2.05) is 20.2 Å². The average molecular weight is 262 g/mol. The van der Waals surface area contributed by atoms with Gasteiger partial charge in [-0.05, 0) is 6.92 Å². The first-order valence-electron chi connectivity index (χ1n) is 6.07. The number of nitrogens with two attached hydrogens (primary N) is 1. The van der Waals surface area contributed by atoms with Gasteiger partial charge >= 0.3 is 0 Å². The number of anilines is 1. The molecule has 7 nitrogen and oxygen atoms in total. The largest absolute Gasteiger partial charge is 0.396 e. The Morgan fingerprint density at radius 1 is 1.42 bits per heavy atom. The van der Waals surface area contributed by atoms with Crippen molar-refractivity contribution in [2.45, 2.75) is 20.0 Å². The van der Waals surface area contributed by atoms with Gasteiger partial charge in [0, 0.05) is 38.9 Å². The number of amides is 1. The Morgan fingerprint density at radius 2 is 2.16 bits per heavy atom. The van der Waals surface area contributed by atoms with Crippen LogP contribution < -0.4 is 5.73 Å². The fraction of sp³-hybridized carbons (Fsp3) is 0.417. The first kappa shape index (κ1) is 13.1. The maximum absolute atomic E-state index is 12.4. The Morgan fingerprint density at radius 3 is 2.74 bits per heavy atom. The summed E-state index contributed by atoms with van der Waals surface area (Å²) in [5.41, 5.74) is 7.62. The van der Waals surface area contributed by atoms with Crippen molar-refractivity contribution in [2.75, 3.05) is 12.8 Å². The summed E-state index contributed by atoms with van der Waals surface area (Å²) in [7, 11) is 3.58. The molecule has 0 spiro atoms. The van der Waals surface area contributed by atoms with Crippen molar-refractivity contribution in [3.8, 4) is 0 Å². The number of nitrogens with zero attached hydrogens (tertiary/aromatic N) is 5. The van der Waals surface area contributed by atoms with Crippen molar-refractivity contribution >= 4 is 11.6 Å². The molecule has 1 amide bonds. The molecule has 0 aromatic carbocycles. The Labute approximate surface area is 111 Å². The summed E-state index contributed by atoms with van der Waals surface area (Å²) in [6.45, 7) is 3.02. The van der Waals surface area contributed by atoms with Gasteiger partial charge in [-0.3, -0.25) is 14.2 Å². The highest BCUT2D eigenvalue weighted by Gasteiger charge is 2.20. The standard InChI is InChI=1S/C12H18N6O/c1-4-18-11(10(13)6-15-18)12(19)16(2)7-9-5-14-17(3)8-9/h5-6,8H,4,7,13H2,1-3H3. The summed E-state index contributed by atoms with van der Waals surface area (Å²) in [4.78, 5) is 14.0. The summed E-state index contributed by atoms with van der Waals surface area (Å²) in [5, 5.41) is 8.16. The van der Waals surface area contributed by atoms with Crippen LogP contribution in [-0.4, -0.2) is 37.4 Å². The molecule has 2 aromatic rings. The van der Waals surface area contributed by atoms with Crippen molar-refractivity contribution < 1.29 is 4.79 Å². The number of aromatic nitrogens is 4. The van der Waals surface area contributed by atoms with Crippen LogP contribution in [0.1, 0.15) is 23.0 Å². The quantitative estimate of drug-likeness (QED) is 0.869. The first-order valence-corrected chi connectivity index (χ1v) is 6.07. The Kier molecular flexibility index (Phi) is 3.55. The zero-order valence-corrected chi connectivity index (χ0v) is 11.4. The molecule has 0 atom stereocenters. The van der Waals surface area contributed by atoms with Gasteiger partial charge in [-0.15, -0.1) is 0 Å². The van der Waals surface area contributed by atoms with Gasteiger partial charge < -0.3 is 10.6 Å². The maximum atomic E-state index is 12.4. The molecule has 2 rings (SSSR count). The molecule has 0 saturated carbocycles. The van der Waals surface area contributed by atoms with Gasteiger partial charge in [0.05, 0.1) is 18.1 Å². The molecule has 0 radical (unpaired) electrons. The molecule has 2 heterocycles. The molecule has 2 aromatic heterocycles. The lowest BCUT2D eigenvalue weighted by molar-refractivity contribution is 0.0774. The summed E-state index contributed by atoms with van der Waals surface area (Å²) in [6, 6.07) is 0. The van der Waals surface area contributed by atoms with Gasteiger partial charge in [0.25, 0.3) is 5.91 Å². The van der Waals surface area contributed by atoms with Crippen molar-refractivity contribution in [3.05, 3.63) is 29.8 Å². The number of hydrogen-bond donors (Lipinski definition) is 1. The van der Waals surface area contributed by atoms with Crippen LogP contribution in [0.25, 0.3) is 0 Å². The zero-order chi connectivity index (χ0) is 14.0. The molecule has 0 fully saturated rings. The van der Waals surface area contributed by atoms with Crippen LogP contribution in [-0.2, 0) is 20.1 Å². The van der Waals surface area contributed by atoms with E-state index in [-0.39, 0.29) is 5.91 Å². The molecular weight excluding hydrogens is 244 g/mol. The van der Waals surface area contributed by atoms with E-state index in [4.69, 9.17) is 5.73 Å². The van der Waals surface area contributed by atoms with Gasteiger partial charge in [0.15, 0.2) is 0 Å². The number of carbonyl (C=O) groups excluding carboxylic acids is 1. The zero-order valence-electron chi connectivity index (χ0n) is 11.4. The second-order valence-corrected chi connectivity index (χ2v) is 4.45. The second-order valence-electron chi connectivity index (χ2n) is 4.45. The van der Waals surface area contributed by atoms with Crippen LogP contribution in [0.4, 0.5) is 5.69 Å². The van der Waals surface area contributed by atoms with Crippen LogP contribution in [0.3, 0.4) is 0 Å². The fourth-order valence-corrected chi connectivity index (χ4v) is 1.95. The molecule has 7 heteroatoms. The molecule has 0 aliphatic rings. The Hall–Kier alpha value is -2.31. The lowest BCUT2D eigenvalue weighted by Crippen LogP contribution is -2.29. The van der Waals surface area contributed by atoms with E-state index in [9.17, 15) is 4.79 Å². The molecule has 0 bridgehead atoms. The van der Waals surface area contributed by atoms with Crippen LogP contribution in [0, 0.1) is 0 Å². The molecule has 0 unspecified atom stereocenters. The number of aryl methyl sites for hydroxylation is 2. The van der Waals surface area contributed by atoms with Crippen LogP contribution >= 0.6 is 0 Å². The van der Waals surface area contributed by atoms with Gasteiger partial charge in [0.2, 0.25) is 0 Å². The SMILES string of the molecule is CCn1ncc(N)c1C(=O)N(C)Cc1cnn(C)c1. The lowest BCUT2D eigenvalue weighted by atomic mass is 10.3. The van der Waals surface area contributed by atoms with Gasteiger partial charge in [0.1, 0.15) is 5.69 Å². The monoisotopic (exact) mass is 262 g/mol. The normalized spacial score (nSPS) is 10.7. The highest BCUT2D eigenvalue weighted by molar-refractivity contribution is 5.97. The third kappa shape index (κ3) is 2.59. The minimum Gasteiger partial charge on any atom is -0.396 e. The predicted octanol–water partition coefficient (Wildman–Crippen LogP) is 0.491. The van der Waals surface area contributed by atoms with E-state index in [1.54, 1.807) is 27.5 Å². The smallest absolute Gasteiger partial charge is 0.274 e. The fourth-order valence-electron chi connectivity index (χ4n) is 1.95. The van der Waals surface area contributed by atoms with Gasteiger partial charge in [-0.25, -0.2) is 0 Å². The number of carbonyl (C=O) groups is 1. The van der Waals surface area contributed by atoms with Crippen molar-refractivity contribution in [2.24, 2.45) is 7.05 Å². The summed E-state index contributed by atoms with van der Waals surface area (Å²) >= 11 is 0. The highest BCUT2D eigenvalue weighted by atomic mass is 16.2. The van der Waals surface area contributed by atoms with Gasteiger partial charge in [-0.1, -0.05) is 0 Å². The van der Waals surface area contributed by atoms with E-state index in [0.717, 1.165) is 5.56 Å². The summed E-state index contributed by atoms with van der Waals surface area (Å²) < 4.78 is 3.32. The maximum Gasteiger partial charge on any atom is 0.274 e. The number of nitrogen functional groups attached to an aromatic ring is 1. The summed E-state index contributed by atoms with van der Waals surface area (Å²) in [5.74, 6) is -0.138. The van der Waals surface area contributed by atoms with Crippen LogP contribution in [0.15, 0.2) is 18.6 Å². The molecule has 102 valence electrons. The lowest BCUT2D eigenvalue weighted by Gasteiger charge is -2.17. The molecular formula is C12H18N6O. The Balaban J connectivity index is 2.16. The second kappa shape index (κ2) is 5.13. The number of hydrogen-bond acceptors (Lipinski definition) is 4. The molecule has 0 aliphatic heterocycles. The molecule has 0 saturated heterocycles. The van der Waals surface area contributed by atoms with E-state index in [2.05, 4.69) is 10.2 Å². The first-order chi connectivity index (χ1) is 9.02. The minimum atomic E-state index is -0.138. The van der Waals surface area contributed by atoms with E-state index in [1.165, 1.54) is 6.20 Å². The topological polar surface area (TPSA) is 82.0 Å². The van der Waals surface area contributed by atoms with Crippen LogP contribution in [0.5, 0.6) is 0 Å². The third-order valence-corrected chi connectivity index (χ3v) is 2.89. The Bertz CT molecular complexity index is 585. The average Bonchev–Trinajstić information content (AvgIpc) is 2.94. The van der Waals surface area contributed by atoms with Crippen molar-refractivity contribution in [1.82, 2.24) is 24.5 Å². The van der Waals surface area contributed by atoms with Crippen molar-refractivity contribution in [1.29, 1.82) is 0 Å². The van der Waals surface area contributed by atoms with E-state index < -0.39 is 0 Å². The molecule has 2 N–H and O–H groups in total. The third-order valence-electron chi connectivity index (χ3n) is 2.89. The van der Waals surface area contributed by atoms with Crippen molar-refractivity contribution in [3.63, 3.8) is 0 Å². The number of rotatable bonds is 4. The summed E-state index contributed by atoms with van der Waals surface area (Å²) in [6.07, 6.45) is 5.13. The molecule has 19 heavy (non-hydrogen) atoms. The van der Waals surface area contributed by atoms with Crippen LogP contribution in [0.2, 0.25) is 0 Å². The minimum absolute atomic E-state index is 0.138. The highest BCUT2D eigenvalue weighted by Crippen LogP contribution is 2.14. The van der Waals surface area contributed by atoms with E-state index in [0.29, 0.717) is 24.5 Å². The molecule has 0 aliphatic carbocycles. The van der Waals surface area contributed by atoms with Gasteiger partial charge in [-0.2, -0.15) is 10.2 Å².